The Morgan fingerprint density at radius 2 is 1.90 bits per heavy atom. The van der Waals surface area contributed by atoms with Crippen LogP contribution in [0.1, 0.15) is 51.8 Å². The average molecular weight is 597 g/mol. The van der Waals surface area contributed by atoms with Crippen molar-refractivity contribution in [2.75, 3.05) is 18.5 Å². The first-order chi connectivity index (χ1) is 19.6. The summed E-state index contributed by atoms with van der Waals surface area (Å²) >= 11 is 6.77. The minimum atomic E-state index is -1.07. The molecule has 0 bridgehead atoms. The standard InChI is InChI=1S/C29H25ClN2O8S/c1-3-4-11-39-28(37)21-13-18(7-9-22(21)30)31-25(33)15-32-26(34)24(41-29(32)38)14-19-8-10-23(40-19)20-12-17(27(35)36)6-5-16(20)2/h5-10,12-14H,3-4,11,15H2,1-2H3,(H,31,33)(H,35,36)/b24-14-. The number of carboxylic acids is 1. The van der Waals surface area contributed by atoms with Gasteiger partial charge in [0.1, 0.15) is 18.1 Å². The maximum Gasteiger partial charge on any atom is 0.339 e. The average Bonchev–Trinajstić information content (AvgIpc) is 3.50. The third-order valence-electron chi connectivity index (χ3n) is 6.03. The third kappa shape index (κ3) is 7.05. The Morgan fingerprint density at radius 1 is 1.12 bits per heavy atom. The zero-order valence-corrected chi connectivity index (χ0v) is 23.6. The number of carbonyl (C=O) groups is 5. The number of aromatic carboxylic acids is 1. The van der Waals surface area contributed by atoms with Gasteiger partial charge < -0.3 is 19.6 Å². The lowest BCUT2D eigenvalue weighted by molar-refractivity contribution is -0.127. The predicted octanol–water partition coefficient (Wildman–Crippen LogP) is 6.24. The van der Waals surface area contributed by atoms with Crippen LogP contribution >= 0.6 is 23.4 Å². The number of hydrogen-bond donors (Lipinski definition) is 2. The molecule has 0 saturated carbocycles. The van der Waals surface area contributed by atoms with Crippen LogP contribution in [0.4, 0.5) is 10.5 Å². The van der Waals surface area contributed by atoms with Gasteiger partial charge in [0.25, 0.3) is 11.1 Å². The minimum absolute atomic E-state index is 0.0586. The highest BCUT2D eigenvalue weighted by atomic mass is 35.5. The summed E-state index contributed by atoms with van der Waals surface area (Å²) in [6.07, 6.45) is 2.94. The van der Waals surface area contributed by atoms with E-state index in [0.717, 1.165) is 16.9 Å². The zero-order valence-electron chi connectivity index (χ0n) is 22.1. The maximum atomic E-state index is 12.9. The Bertz CT molecular complexity index is 1580. The summed E-state index contributed by atoms with van der Waals surface area (Å²) in [6, 6.07) is 12.2. The zero-order chi connectivity index (χ0) is 29.7. The Hall–Kier alpha value is -4.35. The van der Waals surface area contributed by atoms with E-state index in [1.54, 1.807) is 18.2 Å². The van der Waals surface area contributed by atoms with E-state index in [1.807, 2.05) is 13.8 Å². The van der Waals surface area contributed by atoms with E-state index in [9.17, 15) is 29.1 Å². The fourth-order valence-electron chi connectivity index (χ4n) is 3.85. The number of ether oxygens (including phenoxy) is 1. The number of halogens is 1. The molecule has 2 heterocycles. The molecule has 0 radical (unpaired) electrons. The number of imide groups is 1. The smallest absolute Gasteiger partial charge is 0.339 e. The molecule has 41 heavy (non-hydrogen) atoms. The van der Waals surface area contributed by atoms with Gasteiger partial charge in [-0.3, -0.25) is 19.3 Å². The molecule has 4 rings (SSSR count). The monoisotopic (exact) mass is 596 g/mol. The van der Waals surface area contributed by atoms with Crippen LogP contribution in [0.5, 0.6) is 0 Å². The molecule has 1 fully saturated rings. The molecule has 2 N–H and O–H groups in total. The number of rotatable bonds is 10. The summed E-state index contributed by atoms with van der Waals surface area (Å²) < 4.78 is 11.0. The van der Waals surface area contributed by atoms with Crippen LogP contribution in [0.2, 0.25) is 5.02 Å². The number of benzene rings is 2. The van der Waals surface area contributed by atoms with E-state index in [2.05, 4.69) is 5.32 Å². The second-order valence-corrected chi connectivity index (χ2v) is 10.4. The van der Waals surface area contributed by atoms with Crippen LogP contribution in [-0.4, -0.2) is 52.2 Å². The Kier molecular flexibility index (Phi) is 9.31. The Morgan fingerprint density at radius 3 is 2.63 bits per heavy atom. The molecule has 2 aromatic carbocycles. The Balaban J connectivity index is 1.43. The first-order valence-corrected chi connectivity index (χ1v) is 13.7. The van der Waals surface area contributed by atoms with Gasteiger partial charge >= 0.3 is 11.9 Å². The van der Waals surface area contributed by atoms with Gasteiger partial charge in [-0.2, -0.15) is 0 Å². The SMILES string of the molecule is CCCCOC(=O)c1cc(NC(=O)CN2C(=O)S/C(=C\c3ccc(-c4cc(C(=O)O)ccc4C)o3)C2=O)ccc1Cl. The normalized spacial score (nSPS) is 14.0. The van der Waals surface area contributed by atoms with Crippen molar-refractivity contribution in [2.24, 2.45) is 0 Å². The van der Waals surface area contributed by atoms with Gasteiger partial charge in [-0.25, -0.2) is 9.59 Å². The fraction of sp³-hybridized carbons (Fsp3) is 0.207. The molecule has 0 spiro atoms. The number of anilines is 1. The number of furan rings is 1. The van der Waals surface area contributed by atoms with Crippen molar-refractivity contribution in [1.82, 2.24) is 4.90 Å². The van der Waals surface area contributed by atoms with E-state index < -0.39 is 35.5 Å². The van der Waals surface area contributed by atoms with Gasteiger partial charge in [0.15, 0.2) is 0 Å². The van der Waals surface area contributed by atoms with Crippen molar-refractivity contribution in [3.8, 4) is 11.3 Å². The van der Waals surface area contributed by atoms with Crippen LogP contribution in [0.3, 0.4) is 0 Å². The number of aryl methyl sites for hydroxylation is 1. The molecular formula is C29H25ClN2O8S. The number of carboxylic acid groups (broad SMARTS) is 1. The summed E-state index contributed by atoms with van der Waals surface area (Å²) in [6.45, 7) is 3.46. The number of carbonyl (C=O) groups excluding carboxylic acids is 4. The number of nitrogens with one attached hydrogen (secondary N) is 1. The summed E-state index contributed by atoms with van der Waals surface area (Å²) in [5, 5.41) is 11.4. The van der Waals surface area contributed by atoms with E-state index in [1.165, 1.54) is 36.4 Å². The van der Waals surface area contributed by atoms with Crippen molar-refractivity contribution >= 4 is 64.1 Å². The largest absolute Gasteiger partial charge is 0.478 e. The molecule has 1 aliphatic rings. The molecule has 3 amide bonds. The van der Waals surface area contributed by atoms with E-state index >= 15 is 0 Å². The summed E-state index contributed by atoms with van der Waals surface area (Å²) in [4.78, 5) is 62.6. The lowest BCUT2D eigenvalue weighted by Gasteiger charge is -2.13. The predicted molar refractivity (Wildman–Crippen MR) is 154 cm³/mol. The van der Waals surface area contributed by atoms with Crippen molar-refractivity contribution in [1.29, 1.82) is 0 Å². The first-order valence-electron chi connectivity index (χ1n) is 12.5. The summed E-state index contributed by atoms with van der Waals surface area (Å²) in [5.74, 6) is -2.36. The summed E-state index contributed by atoms with van der Waals surface area (Å²) in [7, 11) is 0. The lowest BCUT2D eigenvalue weighted by atomic mass is 10.0. The van der Waals surface area contributed by atoms with Crippen LogP contribution in [0, 0.1) is 6.92 Å². The molecule has 1 saturated heterocycles. The van der Waals surface area contributed by atoms with E-state index in [0.29, 0.717) is 29.5 Å². The first kappa shape index (κ1) is 29.6. The van der Waals surface area contributed by atoms with Gasteiger partial charge in [-0.1, -0.05) is 31.0 Å². The molecule has 10 nitrogen and oxygen atoms in total. The molecular weight excluding hydrogens is 572 g/mol. The highest BCUT2D eigenvalue weighted by Crippen LogP contribution is 2.34. The molecule has 3 aromatic rings. The number of esters is 1. The molecule has 0 unspecified atom stereocenters. The Labute approximate surface area is 244 Å². The quantitative estimate of drug-likeness (QED) is 0.158. The van der Waals surface area contributed by atoms with Crippen molar-refractivity contribution in [3.63, 3.8) is 0 Å². The molecule has 0 atom stereocenters. The number of amides is 3. The second-order valence-electron chi connectivity index (χ2n) is 9.04. The van der Waals surface area contributed by atoms with Gasteiger partial charge in [-0.05, 0) is 73.1 Å². The number of hydrogen-bond acceptors (Lipinski definition) is 8. The lowest BCUT2D eigenvalue weighted by Crippen LogP contribution is -2.36. The van der Waals surface area contributed by atoms with Crippen LogP contribution in [0.25, 0.3) is 17.4 Å². The van der Waals surface area contributed by atoms with Gasteiger partial charge in [-0.15, -0.1) is 0 Å². The molecule has 212 valence electrons. The second kappa shape index (κ2) is 12.9. The van der Waals surface area contributed by atoms with Gasteiger partial charge in [0, 0.05) is 17.3 Å². The molecule has 0 aliphatic carbocycles. The van der Waals surface area contributed by atoms with Crippen LogP contribution in [0.15, 0.2) is 57.9 Å². The van der Waals surface area contributed by atoms with E-state index in [-0.39, 0.29) is 39.1 Å². The number of thioether (sulfide) groups is 1. The van der Waals surface area contributed by atoms with Crippen molar-refractivity contribution in [2.45, 2.75) is 26.7 Å². The minimum Gasteiger partial charge on any atom is -0.478 e. The highest BCUT2D eigenvalue weighted by molar-refractivity contribution is 8.18. The maximum absolute atomic E-state index is 12.9. The van der Waals surface area contributed by atoms with Crippen molar-refractivity contribution in [3.05, 3.63) is 80.9 Å². The van der Waals surface area contributed by atoms with Crippen molar-refractivity contribution < 1.29 is 38.2 Å². The number of nitrogens with zero attached hydrogens (tertiary/aromatic N) is 1. The van der Waals surface area contributed by atoms with E-state index in [4.69, 9.17) is 20.8 Å². The van der Waals surface area contributed by atoms with Gasteiger partial charge in [0.05, 0.1) is 27.7 Å². The number of unbranched alkanes of at least 4 members (excludes halogenated alkanes) is 1. The summed E-state index contributed by atoms with van der Waals surface area (Å²) in [5.41, 5.74) is 1.80. The van der Waals surface area contributed by atoms with Gasteiger partial charge in [0.2, 0.25) is 5.91 Å². The molecule has 12 heteroatoms. The molecule has 1 aromatic heterocycles. The third-order valence-corrected chi connectivity index (χ3v) is 7.26. The highest BCUT2D eigenvalue weighted by Gasteiger charge is 2.36. The topological polar surface area (TPSA) is 143 Å². The fourth-order valence-corrected chi connectivity index (χ4v) is 4.86. The molecule has 1 aliphatic heterocycles. The van der Waals surface area contributed by atoms with Crippen LogP contribution < -0.4 is 5.32 Å². The van der Waals surface area contributed by atoms with Crippen LogP contribution in [-0.2, 0) is 14.3 Å².